The third-order valence-corrected chi connectivity index (χ3v) is 4.34. The number of hydrogen-bond donors (Lipinski definition) is 1. The average Bonchev–Trinajstić information content (AvgIpc) is 3.18. The zero-order valence-corrected chi connectivity index (χ0v) is 15.5. The highest BCUT2D eigenvalue weighted by atomic mass is 16.7. The van der Waals surface area contributed by atoms with Crippen LogP contribution in [-0.2, 0) is 16.1 Å². The fourth-order valence-electron chi connectivity index (χ4n) is 2.88. The first-order valence-electron chi connectivity index (χ1n) is 8.86. The molecule has 0 spiro atoms. The molecule has 0 atom stereocenters. The molecule has 8 nitrogen and oxygen atoms in total. The molecule has 3 aromatic rings. The van der Waals surface area contributed by atoms with Crippen LogP contribution in [0.1, 0.15) is 21.7 Å². The number of carbonyl (C=O) groups is 2. The van der Waals surface area contributed by atoms with Gasteiger partial charge in [0.25, 0.3) is 5.91 Å². The number of carbonyl (C=O) groups excluding carboxylic acids is 2. The Morgan fingerprint density at radius 3 is 2.76 bits per heavy atom. The Morgan fingerprint density at radius 1 is 1.07 bits per heavy atom. The maximum atomic E-state index is 12.2. The number of rotatable bonds is 5. The number of ether oxygens (including phenoxy) is 3. The zero-order chi connectivity index (χ0) is 20.4. The number of aryl methyl sites for hydroxylation is 1. The molecule has 29 heavy (non-hydrogen) atoms. The minimum atomic E-state index is -0.886. The van der Waals surface area contributed by atoms with Crippen molar-refractivity contribution < 1.29 is 28.2 Å². The summed E-state index contributed by atoms with van der Waals surface area (Å²) in [6.45, 7) is 1.76. The highest BCUT2D eigenvalue weighted by Gasteiger charge is 2.16. The lowest BCUT2D eigenvalue weighted by atomic mass is 10.1. The molecule has 0 radical (unpaired) electrons. The number of hydrogen-bond acceptors (Lipinski definition) is 7. The van der Waals surface area contributed by atoms with Crippen molar-refractivity contribution in [1.82, 2.24) is 5.32 Å². The fraction of sp³-hybridized carbons (Fsp3) is 0.190. The molecule has 1 aliphatic heterocycles. The van der Waals surface area contributed by atoms with E-state index in [4.69, 9.17) is 18.6 Å². The smallest absolute Gasteiger partial charge is 0.374 e. The van der Waals surface area contributed by atoms with Gasteiger partial charge in [-0.25, -0.2) is 4.79 Å². The highest BCUT2D eigenvalue weighted by Crippen LogP contribution is 2.32. The molecule has 1 N–H and O–H groups in total. The second kappa shape index (κ2) is 7.67. The number of esters is 1. The highest BCUT2D eigenvalue weighted by molar-refractivity contribution is 5.90. The van der Waals surface area contributed by atoms with Gasteiger partial charge in [0, 0.05) is 12.6 Å². The van der Waals surface area contributed by atoms with E-state index in [0.29, 0.717) is 16.9 Å². The van der Waals surface area contributed by atoms with Crippen LogP contribution in [0, 0.1) is 6.92 Å². The summed E-state index contributed by atoms with van der Waals surface area (Å²) in [6, 6.07) is 11.4. The quantitative estimate of drug-likeness (QED) is 0.661. The van der Waals surface area contributed by atoms with E-state index in [1.807, 2.05) is 6.92 Å². The van der Waals surface area contributed by atoms with Crippen molar-refractivity contribution in [3.05, 3.63) is 69.6 Å². The number of fused-ring (bicyclic) bond motifs is 2. The number of nitrogens with one attached hydrogen (secondary N) is 1. The van der Waals surface area contributed by atoms with E-state index in [2.05, 4.69) is 5.32 Å². The maximum Gasteiger partial charge on any atom is 0.374 e. The molecule has 0 saturated heterocycles. The predicted molar refractivity (Wildman–Crippen MR) is 102 cm³/mol. The van der Waals surface area contributed by atoms with E-state index in [0.717, 1.165) is 17.2 Å². The first-order chi connectivity index (χ1) is 14.0. The van der Waals surface area contributed by atoms with Gasteiger partial charge >= 0.3 is 5.97 Å². The van der Waals surface area contributed by atoms with Crippen LogP contribution in [0.5, 0.6) is 11.5 Å². The Morgan fingerprint density at radius 2 is 1.90 bits per heavy atom. The summed E-state index contributed by atoms with van der Waals surface area (Å²) in [6.07, 6.45) is 0. The van der Waals surface area contributed by atoms with Crippen LogP contribution in [0.15, 0.2) is 51.7 Å². The second-order valence-corrected chi connectivity index (χ2v) is 6.51. The minimum Gasteiger partial charge on any atom is -0.454 e. The molecule has 1 aliphatic rings. The third kappa shape index (κ3) is 4.06. The van der Waals surface area contributed by atoms with Gasteiger partial charge in [-0.15, -0.1) is 0 Å². The van der Waals surface area contributed by atoms with Crippen molar-refractivity contribution in [3.63, 3.8) is 0 Å². The van der Waals surface area contributed by atoms with Crippen molar-refractivity contribution in [2.45, 2.75) is 13.5 Å². The Balaban J connectivity index is 1.34. The van der Waals surface area contributed by atoms with Gasteiger partial charge in [-0.05, 0) is 36.8 Å². The van der Waals surface area contributed by atoms with Gasteiger partial charge in [-0.1, -0.05) is 17.7 Å². The summed E-state index contributed by atoms with van der Waals surface area (Å²) < 4.78 is 20.9. The zero-order valence-electron chi connectivity index (χ0n) is 15.5. The van der Waals surface area contributed by atoms with Crippen molar-refractivity contribution in [2.75, 3.05) is 13.4 Å². The minimum absolute atomic E-state index is 0.172. The largest absolute Gasteiger partial charge is 0.454 e. The molecular formula is C21H17NO7. The fourth-order valence-corrected chi connectivity index (χ4v) is 2.88. The van der Waals surface area contributed by atoms with Gasteiger partial charge in [-0.3, -0.25) is 9.59 Å². The molecule has 2 heterocycles. The molecule has 0 fully saturated rings. The molecule has 148 valence electrons. The van der Waals surface area contributed by atoms with Gasteiger partial charge in [-0.2, -0.15) is 0 Å². The Hall–Kier alpha value is -3.81. The van der Waals surface area contributed by atoms with Crippen molar-refractivity contribution in [1.29, 1.82) is 0 Å². The van der Waals surface area contributed by atoms with E-state index in [1.165, 1.54) is 0 Å². The lowest BCUT2D eigenvalue weighted by Gasteiger charge is -2.07. The van der Waals surface area contributed by atoms with Crippen LogP contribution < -0.4 is 20.2 Å². The monoisotopic (exact) mass is 395 g/mol. The SMILES string of the molecule is Cc1ccc2oc(C(=O)OCC(=O)NCc3ccc4c(c3)OCO4)cc(=O)c2c1. The summed E-state index contributed by atoms with van der Waals surface area (Å²) >= 11 is 0. The third-order valence-electron chi connectivity index (χ3n) is 4.34. The van der Waals surface area contributed by atoms with E-state index < -0.39 is 18.5 Å². The molecule has 2 aromatic carbocycles. The van der Waals surface area contributed by atoms with Crippen LogP contribution >= 0.6 is 0 Å². The molecule has 8 heteroatoms. The van der Waals surface area contributed by atoms with Gasteiger partial charge in [0.2, 0.25) is 12.6 Å². The van der Waals surface area contributed by atoms with E-state index in [-0.39, 0.29) is 30.1 Å². The van der Waals surface area contributed by atoms with E-state index in [1.54, 1.807) is 36.4 Å². The molecule has 4 rings (SSSR count). The van der Waals surface area contributed by atoms with E-state index in [9.17, 15) is 14.4 Å². The molecule has 0 aliphatic carbocycles. The van der Waals surface area contributed by atoms with Gasteiger partial charge in [0.15, 0.2) is 23.5 Å². The van der Waals surface area contributed by atoms with Crippen LogP contribution in [0.4, 0.5) is 0 Å². The first-order valence-corrected chi connectivity index (χ1v) is 8.86. The van der Waals surface area contributed by atoms with Crippen LogP contribution in [0.2, 0.25) is 0 Å². The number of amides is 1. The Kier molecular flexibility index (Phi) is 4.90. The standard InChI is InChI=1S/C21H17NO7/c1-12-2-4-16-14(6-12)15(23)8-19(29-16)21(25)26-10-20(24)22-9-13-3-5-17-18(7-13)28-11-27-17/h2-8H,9-11H2,1H3,(H,22,24). The summed E-state index contributed by atoms with van der Waals surface area (Å²) in [5, 5.41) is 3.02. The molecule has 0 bridgehead atoms. The Labute approximate surface area is 165 Å². The summed E-state index contributed by atoms with van der Waals surface area (Å²) in [4.78, 5) is 36.3. The topological polar surface area (TPSA) is 104 Å². The first kappa shape index (κ1) is 18.5. The normalized spacial score (nSPS) is 12.0. The van der Waals surface area contributed by atoms with Gasteiger partial charge in [0.1, 0.15) is 5.58 Å². The van der Waals surface area contributed by atoms with Crippen LogP contribution in [-0.4, -0.2) is 25.3 Å². The lowest BCUT2D eigenvalue weighted by Crippen LogP contribution is -2.28. The van der Waals surface area contributed by atoms with Crippen molar-refractivity contribution in [2.24, 2.45) is 0 Å². The van der Waals surface area contributed by atoms with Gasteiger partial charge in [0.05, 0.1) is 5.39 Å². The molecule has 1 amide bonds. The molecule has 0 saturated carbocycles. The van der Waals surface area contributed by atoms with Crippen LogP contribution in [0.25, 0.3) is 11.0 Å². The van der Waals surface area contributed by atoms with Crippen molar-refractivity contribution >= 4 is 22.8 Å². The predicted octanol–water partition coefficient (Wildman–Crippen LogP) is 2.30. The van der Waals surface area contributed by atoms with E-state index >= 15 is 0 Å². The molecule has 0 unspecified atom stereocenters. The second-order valence-electron chi connectivity index (χ2n) is 6.51. The summed E-state index contributed by atoms with van der Waals surface area (Å²) in [5.74, 6) is -0.363. The maximum absolute atomic E-state index is 12.2. The summed E-state index contributed by atoms with van der Waals surface area (Å²) in [7, 11) is 0. The lowest BCUT2D eigenvalue weighted by molar-refractivity contribution is -0.124. The molecule has 1 aromatic heterocycles. The summed E-state index contributed by atoms with van der Waals surface area (Å²) in [5.41, 5.74) is 1.64. The Bertz CT molecular complexity index is 1170. The molecular weight excluding hydrogens is 378 g/mol. The van der Waals surface area contributed by atoms with Crippen LogP contribution in [0.3, 0.4) is 0 Å². The van der Waals surface area contributed by atoms with Crippen molar-refractivity contribution in [3.8, 4) is 11.5 Å². The number of benzene rings is 2. The average molecular weight is 395 g/mol. The van der Waals surface area contributed by atoms with Gasteiger partial charge < -0.3 is 23.9 Å².